The molecule has 1 aliphatic heterocycles. The number of carbonyl (C=O) groups excluding carboxylic acids is 4. The van der Waals surface area contributed by atoms with Gasteiger partial charge in [-0.1, -0.05) is 72.8 Å². The Morgan fingerprint density at radius 2 is 1.33 bits per heavy atom. The van der Waals surface area contributed by atoms with Gasteiger partial charge in [-0.15, -0.1) is 0 Å². The van der Waals surface area contributed by atoms with Crippen LogP contribution < -0.4 is 27.8 Å². The summed E-state index contributed by atoms with van der Waals surface area (Å²) in [5.41, 5.74) is 20.4. The molecule has 4 amide bonds. The highest BCUT2D eigenvalue weighted by molar-refractivity contribution is 5.95. The van der Waals surface area contributed by atoms with E-state index in [0.29, 0.717) is 0 Å². The van der Waals surface area contributed by atoms with Crippen LogP contribution in [0.25, 0.3) is 0 Å². The molecule has 11 nitrogen and oxygen atoms in total. The second-order valence-electron chi connectivity index (χ2n) is 10.9. The number of benzene rings is 3. The van der Waals surface area contributed by atoms with Gasteiger partial charge in [0.1, 0.15) is 23.9 Å². The summed E-state index contributed by atoms with van der Waals surface area (Å²) in [6.07, 6.45) is 0.726. The lowest BCUT2D eigenvalue weighted by Crippen LogP contribution is -2.58. The zero-order chi connectivity index (χ0) is 30.9. The molecule has 0 radical (unpaired) electrons. The topological polar surface area (TPSA) is 194 Å². The van der Waals surface area contributed by atoms with Crippen molar-refractivity contribution in [2.45, 2.75) is 55.9 Å². The third-order valence-corrected chi connectivity index (χ3v) is 7.49. The number of amides is 4. The van der Waals surface area contributed by atoms with E-state index in [-0.39, 0.29) is 38.0 Å². The molecule has 1 heterocycles. The Morgan fingerprint density at radius 3 is 1.88 bits per heavy atom. The van der Waals surface area contributed by atoms with Gasteiger partial charge in [0, 0.05) is 25.4 Å². The third-order valence-electron chi connectivity index (χ3n) is 7.49. The number of carbonyl (C=O) groups is 4. The van der Waals surface area contributed by atoms with Gasteiger partial charge in [0.05, 0.1) is 6.04 Å². The summed E-state index contributed by atoms with van der Waals surface area (Å²) in [4.78, 5) is 54.2. The highest BCUT2D eigenvalue weighted by Gasteiger charge is 2.41. The minimum Gasteiger partial charge on any atom is -0.508 e. The van der Waals surface area contributed by atoms with E-state index < -0.39 is 53.8 Å². The monoisotopic (exact) mass is 586 g/mol. The van der Waals surface area contributed by atoms with Gasteiger partial charge in [0.25, 0.3) is 0 Å². The number of phenols is 1. The molecule has 43 heavy (non-hydrogen) atoms. The number of phenolic OH excluding ortho intramolecular Hbond substituents is 1. The number of hydrogen-bond donors (Lipinski definition) is 6. The number of nitrogens with one attached hydrogen (secondary N) is 2. The maximum absolute atomic E-state index is 13.6. The number of likely N-dealkylation sites (tertiary alicyclic amines) is 1. The van der Waals surface area contributed by atoms with E-state index in [0.717, 1.165) is 16.7 Å². The molecule has 0 aliphatic carbocycles. The van der Waals surface area contributed by atoms with Gasteiger partial charge in [0.2, 0.25) is 23.6 Å². The first-order valence-electron chi connectivity index (χ1n) is 14.2. The Morgan fingerprint density at radius 1 is 0.791 bits per heavy atom. The Balaban J connectivity index is 1.49. The van der Waals surface area contributed by atoms with Gasteiger partial charge in [-0.05, 0) is 41.7 Å². The first kappa shape index (κ1) is 31.2. The van der Waals surface area contributed by atoms with Crippen molar-refractivity contribution in [3.05, 3.63) is 102 Å². The number of nitrogens with two attached hydrogens (primary N) is 3. The molecule has 5 atom stereocenters. The highest BCUT2D eigenvalue weighted by atomic mass is 16.3. The second-order valence-corrected chi connectivity index (χ2v) is 10.9. The first-order chi connectivity index (χ1) is 20.6. The van der Waals surface area contributed by atoms with E-state index >= 15 is 0 Å². The first-order valence-corrected chi connectivity index (χ1v) is 14.2. The smallest absolute Gasteiger partial charge is 0.243 e. The van der Waals surface area contributed by atoms with Crippen LogP contribution in [0.5, 0.6) is 5.75 Å². The summed E-state index contributed by atoms with van der Waals surface area (Å²) >= 11 is 0. The maximum Gasteiger partial charge on any atom is 0.243 e. The molecule has 0 saturated carbocycles. The molecule has 3 aromatic rings. The molecule has 0 bridgehead atoms. The van der Waals surface area contributed by atoms with Gasteiger partial charge in [-0.25, -0.2) is 0 Å². The number of primary amides is 1. The summed E-state index contributed by atoms with van der Waals surface area (Å²) in [5.74, 6) is -2.18. The van der Waals surface area contributed by atoms with Crippen LogP contribution in [0.1, 0.15) is 23.1 Å². The number of rotatable bonds is 12. The largest absolute Gasteiger partial charge is 0.508 e. The Bertz CT molecular complexity index is 1400. The lowest BCUT2D eigenvalue weighted by atomic mass is 10.0. The molecular weight excluding hydrogens is 548 g/mol. The third kappa shape index (κ3) is 8.63. The van der Waals surface area contributed by atoms with Crippen LogP contribution in [-0.2, 0) is 38.4 Å². The molecule has 4 rings (SSSR count). The molecule has 1 aliphatic rings. The van der Waals surface area contributed by atoms with E-state index in [1.54, 1.807) is 12.1 Å². The van der Waals surface area contributed by atoms with Crippen molar-refractivity contribution >= 4 is 23.6 Å². The standard InChI is InChI=1S/C32H38N6O5/c33-23-18-28(38(19-23)32(43)25(34)15-22-11-13-24(39)14-12-22)31(42)37-27(17-21-9-5-2-6-10-21)30(41)36-26(29(35)40)16-20-7-3-1-4-8-20/h1-14,23,25-28,39H,15-19,33-34H2,(H2,35,40)(H,36,41)(H,37,42)/t23-,25-,26+,27+,28-/m0/s1. The molecule has 226 valence electrons. The fourth-order valence-electron chi connectivity index (χ4n) is 5.22. The minimum absolute atomic E-state index is 0.0993. The molecule has 9 N–H and O–H groups in total. The SMILES string of the molecule is NC(=O)[C@@H](Cc1ccccc1)NC(=O)[C@@H](Cc1ccccc1)NC(=O)[C@@H]1C[C@H](N)CN1C(=O)[C@@H](N)Cc1ccc(O)cc1. The maximum atomic E-state index is 13.6. The van der Waals surface area contributed by atoms with Gasteiger partial charge in [0.15, 0.2) is 0 Å². The minimum atomic E-state index is -1.06. The van der Waals surface area contributed by atoms with E-state index in [1.807, 2.05) is 60.7 Å². The van der Waals surface area contributed by atoms with Crippen LogP contribution in [-0.4, -0.2) is 70.4 Å². The van der Waals surface area contributed by atoms with Crippen LogP contribution >= 0.6 is 0 Å². The quantitative estimate of drug-likeness (QED) is 0.174. The predicted octanol–water partition coefficient (Wildman–Crippen LogP) is 0.131. The average Bonchev–Trinajstić information content (AvgIpc) is 3.39. The van der Waals surface area contributed by atoms with E-state index in [1.165, 1.54) is 17.0 Å². The fourth-order valence-corrected chi connectivity index (χ4v) is 5.22. The van der Waals surface area contributed by atoms with Gasteiger partial charge >= 0.3 is 0 Å². The van der Waals surface area contributed by atoms with Gasteiger partial charge in [-0.3, -0.25) is 19.2 Å². The summed E-state index contributed by atoms with van der Waals surface area (Å²) in [7, 11) is 0. The van der Waals surface area contributed by atoms with Crippen LogP contribution in [0.4, 0.5) is 0 Å². The average molecular weight is 587 g/mol. The van der Waals surface area contributed by atoms with Crippen molar-refractivity contribution < 1.29 is 24.3 Å². The Kier molecular flexibility index (Phi) is 10.5. The van der Waals surface area contributed by atoms with E-state index in [2.05, 4.69) is 10.6 Å². The van der Waals surface area contributed by atoms with Crippen molar-refractivity contribution in [1.82, 2.24) is 15.5 Å². The number of nitrogens with zero attached hydrogens (tertiary/aromatic N) is 1. The summed E-state index contributed by atoms with van der Waals surface area (Å²) in [6, 6.07) is 20.2. The van der Waals surface area contributed by atoms with Gasteiger partial charge in [-0.2, -0.15) is 0 Å². The summed E-state index contributed by atoms with van der Waals surface area (Å²) < 4.78 is 0. The molecule has 0 spiro atoms. The van der Waals surface area contributed by atoms with Crippen molar-refractivity contribution in [3.63, 3.8) is 0 Å². The second kappa shape index (κ2) is 14.4. The number of hydrogen-bond acceptors (Lipinski definition) is 7. The molecule has 3 aromatic carbocycles. The zero-order valence-electron chi connectivity index (χ0n) is 23.8. The van der Waals surface area contributed by atoms with Crippen molar-refractivity contribution in [3.8, 4) is 5.75 Å². The molecule has 1 saturated heterocycles. The Hall–Kier alpha value is -4.74. The molecule has 0 aromatic heterocycles. The highest BCUT2D eigenvalue weighted by Crippen LogP contribution is 2.20. The van der Waals surface area contributed by atoms with Crippen LogP contribution in [0.15, 0.2) is 84.9 Å². The number of aromatic hydroxyl groups is 1. The van der Waals surface area contributed by atoms with Crippen LogP contribution in [0, 0.1) is 0 Å². The molecule has 11 heteroatoms. The van der Waals surface area contributed by atoms with Crippen LogP contribution in [0.2, 0.25) is 0 Å². The van der Waals surface area contributed by atoms with E-state index in [4.69, 9.17) is 17.2 Å². The fraction of sp³-hybridized carbons (Fsp3) is 0.312. The van der Waals surface area contributed by atoms with Crippen molar-refractivity contribution in [2.75, 3.05) is 6.54 Å². The van der Waals surface area contributed by atoms with Crippen molar-refractivity contribution in [2.24, 2.45) is 17.2 Å². The van der Waals surface area contributed by atoms with Crippen molar-refractivity contribution in [1.29, 1.82) is 0 Å². The molecular formula is C32H38N6O5. The summed E-state index contributed by atoms with van der Waals surface area (Å²) in [5, 5.41) is 15.0. The molecule has 1 fully saturated rings. The lowest BCUT2D eigenvalue weighted by molar-refractivity contribution is -0.140. The normalized spacial score (nSPS) is 18.3. The van der Waals surface area contributed by atoms with E-state index in [9.17, 15) is 24.3 Å². The summed E-state index contributed by atoms with van der Waals surface area (Å²) in [6.45, 7) is 0.135. The Labute approximate surface area is 250 Å². The lowest BCUT2D eigenvalue weighted by Gasteiger charge is -2.29. The van der Waals surface area contributed by atoms with Crippen LogP contribution in [0.3, 0.4) is 0 Å². The molecule has 0 unspecified atom stereocenters. The zero-order valence-corrected chi connectivity index (χ0v) is 23.8. The predicted molar refractivity (Wildman–Crippen MR) is 161 cm³/mol. The van der Waals surface area contributed by atoms with Gasteiger partial charge < -0.3 is 37.8 Å².